The molecule has 1 saturated heterocycles. The molecule has 3 rings (SSSR count). The van der Waals surface area contributed by atoms with Crippen molar-refractivity contribution < 1.29 is 19.1 Å². The maximum atomic E-state index is 12.5. The van der Waals surface area contributed by atoms with Gasteiger partial charge in [-0.3, -0.25) is 5.32 Å². The first kappa shape index (κ1) is 21.9. The van der Waals surface area contributed by atoms with Crippen molar-refractivity contribution in [3.63, 3.8) is 0 Å². The van der Waals surface area contributed by atoms with Crippen LogP contribution in [0.1, 0.15) is 26.2 Å². The van der Waals surface area contributed by atoms with Crippen LogP contribution in [0.2, 0.25) is 0 Å². The molecule has 1 aromatic heterocycles. The third kappa shape index (κ3) is 5.87. The molecule has 0 bridgehead atoms. The van der Waals surface area contributed by atoms with Gasteiger partial charge in [0.15, 0.2) is 5.75 Å². The summed E-state index contributed by atoms with van der Waals surface area (Å²) in [5, 5.41) is 5.89. The van der Waals surface area contributed by atoms with E-state index >= 15 is 0 Å². The molecule has 0 saturated carbocycles. The second-order valence-corrected chi connectivity index (χ2v) is 8.19. The van der Waals surface area contributed by atoms with Gasteiger partial charge in [0.25, 0.3) is 0 Å². The van der Waals surface area contributed by atoms with Gasteiger partial charge in [0.05, 0.1) is 7.11 Å². The zero-order valence-corrected chi connectivity index (χ0v) is 18.1. The number of amides is 3. The number of likely N-dealkylation sites (tertiary alicyclic amines) is 1. The number of methoxy groups -OCH3 is 1. The Hall–Kier alpha value is -2.78. The number of nitrogens with zero attached hydrogens (tertiary/aromatic N) is 1. The summed E-state index contributed by atoms with van der Waals surface area (Å²) in [5.41, 5.74) is 6.19. The topological polar surface area (TPSA) is 106 Å². The molecule has 0 unspecified atom stereocenters. The highest BCUT2D eigenvalue weighted by molar-refractivity contribution is 7.20. The Balaban J connectivity index is 1.73. The van der Waals surface area contributed by atoms with Crippen LogP contribution < -0.4 is 25.8 Å². The minimum atomic E-state index is -0.717. The minimum Gasteiger partial charge on any atom is -0.497 e. The van der Waals surface area contributed by atoms with Crippen LogP contribution in [0.5, 0.6) is 11.5 Å². The Kier molecular flexibility index (Phi) is 7.53. The Labute approximate surface area is 180 Å². The summed E-state index contributed by atoms with van der Waals surface area (Å²) < 4.78 is 10.7. The summed E-state index contributed by atoms with van der Waals surface area (Å²) >= 11 is 1.28. The molecule has 1 aliphatic heterocycles. The zero-order valence-electron chi connectivity index (χ0n) is 17.3. The predicted octanol–water partition coefficient (Wildman–Crippen LogP) is 3.88. The van der Waals surface area contributed by atoms with Crippen molar-refractivity contribution in [1.29, 1.82) is 0 Å². The summed E-state index contributed by atoms with van der Waals surface area (Å²) in [6, 6.07) is 8.52. The van der Waals surface area contributed by atoms with Crippen LogP contribution >= 0.6 is 11.3 Å². The first-order valence-electron chi connectivity index (χ1n) is 10.0. The number of primary amides is 1. The van der Waals surface area contributed by atoms with Crippen molar-refractivity contribution in [3.05, 3.63) is 30.3 Å². The van der Waals surface area contributed by atoms with Crippen molar-refractivity contribution in [2.75, 3.05) is 32.1 Å². The standard InChI is InChI=1S/C21H28N4O4S/c1-3-25-11-5-4-6-15(13-25)23-21(27)29-17-12-18(30-19(17)24-20(22)26)14-7-9-16(28-2)10-8-14/h7-10,12,15H,3-6,11,13H2,1-2H3,(H,23,27)(H3,22,24,26)/t15-/m0/s1. The Bertz CT molecular complexity index is 868. The van der Waals surface area contributed by atoms with Crippen LogP contribution in [0, 0.1) is 0 Å². The van der Waals surface area contributed by atoms with Crippen molar-refractivity contribution in [1.82, 2.24) is 10.2 Å². The van der Waals surface area contributed by atoms with Gasteiger partial charge in [0, 0.05) is 23.5 Å². The lowest BCUT2D eigenvalue weighted by atomic mass is 10.1. The van der Waals surface area contributed by atoms with E-state index in [0.717, 1.165) is 55.1 Å². The van der Waals surface area contributed by atoms with Gasteiger partial charge in [-0.05, 0) is 55.8 Å². The molecule has 162 valence electrons. The van der Waals surface area contributed by atoms with Gasteiger partial charge >= 0.3 is 12.1 Å². The molecule has 8 nitrogen and oxygen atoms in total. The van der Waals surface area contributed by atoms with E-state index in [0.29, 0.717) is 5.00 Å². The van der Waals surface area contributed by atoms with E-state index in [9.17, 15) is 9.59 Å². The number of ether oxygens (including phenoxy) is 2. The highest BCUT2D eigenvalue weighted by Gasteiger charge is 2.22. The smallest absolute Gasteiger partial charge is 0.412 e. The van der Waals surface area contributed by atoms with Gasteiger partial charge in [0.1, 0.15) is 10.8 Å². The summed E-state index contributed by atoms with van der Waals surface area (Å²) in [5.74, 6) is 1.01. The molecule has 3 amide bonds. The number of nitrogens with two attached hydrogens (primary N) is 1. The monoisotopic (exact) mass is 432 g/mol. The van der Waals surface area contributed by atoms with Crippen LogP contribution in [0.3, 0.4) is 0 Å². The molecule has 2 heterocycles. The maximum absolute atomic E-state index is 12.5. The molecular formula is C21H28N4O4S. The molecule has 9 heteroatoms. The molecule has 0 radical (unpaired) electrons. The quantitative estimate of drug-likeness (QED) is 0.642. The lowest BCUT2D eigenvalue weighted by Gasteiger charge is -2.23. The normalized spacial score (nSPS) is 17.1. The predicted molar refractivity (Wildman–Crippen MR) is 118 cm³/mol. The van der Waals surface area contributed by atoms with Crippen LogP contribution in [0.25, 0.3) is 10.4 Å². The van der Waals surface area contributed by atoms with Crippen molar-refractivity contribution in [2.45, 2.75) is 32.2 Å². The van der Waals surface area contributed by atoms with Gasteiger partial charge in [-0.15, -0.1) is 11.3 Å². The molecule has 0 spiro atoms. The fraction of sp³-hybridized carbons (Fsp3) is 0.429. The highest BCUT2D eigenvalue weighted by atomic mass is 32.1. The Morgan fingerprint density at radius 1 is 1.27 bits per heavy atom. The minimum absolute atomic E-state index is 0.0344. The first-order chi connectivity index (χ1) is 14.5. The van der Waals surface area contributed by atoms with Crippen LogP contribution in [0.15, 0.2) is 30.3 Å². The summed E-state index contributed by atoms with van der Waals surface area (Å²) in [6.45, 7) is 4.93. The fourth-order valence-corrected chi connectivity index (χ4v) is 4.46. The zero-order chi connectivity index (χ0) is 21.5. The van der Waals surface area contributed by atoms with E-state index in [1.54, 1.807) is 13.2 Å². The number of carbonyl (C=O) groups is 2. The fourth-order valence-electron chi connectivity index (χ4n) is 3.47. The summed E-state index contributed by atoms with van der Waals surface area (Å²) in [4.78, 5) is 27.1. The number of thiophene rings is 1. The van der Waals surface area contributed by atoms with Gasteiger partial charge in [-0.25, -0.2) is 9.59 Å². The van der Waals surface area contributed by atoms with Crippen molar-refractivity contribution >= 4 is 28.5 Å². The molecule has 1 aliphatic rings. The third-order valence-corrected chi connectivity index (χ3v) is 6.12. The number of benzene rings is 1. The second kappa shape index (κ2) is 10.3. The summed E-state index contributed by atoms with van der Waals surface area (Å²) in [6.07, 6.45) is 2.57. The number of anilines is 1. The van der Waals surface area contributed by atoms with E-state index in [1.165, 1.54) is 11.3 Å². The molecule has 1 fully saturated rings. The molecule has 30 heavy (non-hydrogen) atoms. The van der Waals surface area contributed by atoms with E-state index < -0.39 is 12.1 Å². The average Bonchev–Trinajstić information content (AvgIpc) is 2.96. The molecule has 2 aromatic rings. The van der Waals surface area contributed by atoms with Gasteiger partial charge < -0.3 is 25.4 Å². The SMILES string of the molecule is CCN1CCCC[C@H](NC(=O)Oc2cc(-c3ccc(OC)cc3)sc2NC(N)=O)C1. The van der Waals surface area contributed by atoms with Crippen LogP contribution in [0.4, 0.5) is 14.6 Å². The van der Waals surface area contributed by atoms with Crippen LogP contribution in [-0.2, 0) is 0 Å². The number of carbonyl (C=O) groups excluding carboxylic acids is 2. The molecule has 1 atom stereocenters. The molecule has 1 aromatic carbocycles. The molecule has 0 aliphatic carbocycles. The number of rotatable bonds is 6. The molecule has 4 N–H and O–H groups in total. The number of nitrogens with one attached hydrogen (secondary N) is 2. The highest BCUT2D eigenvalue weighted by Crippen LogP contribution is 2.41. The third-order valence-electron chi connectivity index (χ3n) is 5.04. The Morgan fingerprint density at radius 2 is 2.03 bits per heavy atom. The lowest BCUT2D eigenvalue weighted by Crippen LogP contribution is -2.43. The molecular weight excluding hydrogens is 404 g/mol. The summed E-state index contributed by atoms with van der Waals surface area (Å²) in [7, 11) is 1.60. The van der Waals surface area contributed by atoms with Crippen molar-refractivity contribution in [2.24, 2.45) is 5.73 Å². The van der Waals surface area contributed by atoms with Crippen LogP contribution in [-0.4, -0.2) is 49.8 Å². The maximum Gasteiger partial charge on any atom is 0.412 e. The number of likely N-dealkylation sites (N-methyl/N-ethyl adjacent to an activating group) is 1. The van der Waals surface area contributed by atoms with E-state index in [4.69, 9.17) is 15.2 Å². The average molecular weight is 433 g/mol. The van der Waals surface area contributed by atoms with E-state index in [1.807, 2.05) is 24.3 Å². The van der Waals surface area contributed by atoms with Gasteiger partial charge in [-0.1, -0.05) is 13.3 Å². The number of hydrogen-bond acceptors (Lipinski definition) is 6. The lowest BCUT2D eigenvalue weighted by molar-refractivity contribution is 0.190. The van der Waals surface area contributed by atoms with Gasteiger partial charge in [-0.2, -0.15) is 0 Å². The number of urea groups is 1. The second-order valence-electron chi connectivity index (χ2n) is 7.14. The van der Waals surface area contributed by atoms with E-state index in [2.05, 4.69) is 22.5 Å². The first-order valence-corrected chi connectivity index (χ1v) is 10.9. The van der Waals surface area contributed by atoms with Crippen molar-refractivity contribution in [3.8, 4) is 21.9 Å². The van der Waals surface area contributed by atoms with Gasteiger partial charge in [0.2, 0.25) is 0 Å². The Morgan fingerprint density at radius 3 is 2.70 bits per heavy atom. The van der Waals surface area contributed by atoms with E-state index in [-0.39, 0.29) is 11.8 Å². The number of hydrogen-bond donors (Lipinski definition) is 3. The largest absolute Gasteiger partial charge is 0.497 e.